The van der Waals surface area contributed by atoms with Crippen LogP contribution in [0.5, 0.6) is 11.5 Å². The van der Waals surface area contributed by atoms with E-state index in [9.17, 15) is 4.39 Å². The van der Waals surface area contributed by atoms with E-state index in [1.54, 1.807) is 12.1 Å². The first-order valence-corrected chi connectivity index (χ1v) is 10.0. The number of nitrogens with one attached hydrogen (secondary N) is 1. The first kappa shape index (κ1) is 21.3. The van der Waals surface area contributed by atoms with Crippen LogP contribution < -0.4 is 14.8 Å². The summed E-state index contributed by atoms with van der Waals surface area (Å²) in [5.41, 5.74) is 3.60. The summed E-state index contributed by atoms with van der Waals surface area (Å²) >= 11 is 12.7. The van der Waals surface area contributed by atoms with Crippen LogP contribution in [0, 0.1) is 12.7 Å². The molecule has 29 heavy (non-hydrogen) atoms. The van der Waals surface area contributed by atoms with Crippen LogP contribution in [0.2, 0.25) is 10.0 Å². The zero-order valence-electron chi connectivity index (χ0n) is 16.3. The molecule has 6 heteroatoms. The van der Waals surface area contributed by atoms with Gasteiger partial charge in [0.2, 0.25) is 0 Å². The van der Waals surface area contributed by atoms with Gasteiger partial charge in [0.05, 0.1) is 11.6 Å². The van der Waals surface area contributed by atoms with E-state index < -0.39 is 0 Å². The zero-order chi connectivity index (χ0) is 20.8. The number of hydrogen-bond acceptors (Lipinski definition) is 3. The molecule has 0 aliphatic rings. The van der Waals surface area contributed by atoms with Crippen molar-refractivity contribution in [3.63, 3.8) is 0 Å². The fourth-order valence-corrected chi connectivity index (χ4v) is 3.37. The van der Waals surface area contributed by atoms with E-state index in [1.165, 1.54) is 12.1 Å². The molecular weight excluding hydrogens is 412 g/mol. The first-order chi connectivity index (χ1) is 14.0. The summed E-state index contributed by atoms with van der Waals surface area (Å²) in [4.78, 5) is 0. The van der Waals surface area contributed by atoms with Crippen molar-refractivity contribution >= 4 is 28.9 Å². The van der Waals surface area contributed by atoms with E-state index in [4.69, 9.17) is 32.7 Å². The Balaban J connectivity index is 1.77. The zero-order valence-corrected chi connectivity index (χ0v) is 17.8. The number of ether oxygens (including phenoxy) is 2. The molecular formula is C23H22Cl2FNO2. The lowest BCUT2D eigenvalue weighted by atomic mass is 10.1. The van der Waals surface area contributed by atoms with Gasteiger partial charge in [-0.2, -0.15) is 0 Å². The number of halogens is 3. The van der Waals surface area contributed by atoms with E-state index in [0.717, 1.165) is 16.8 Å². The Bertz CT molecular complexity index is 995. The van der Waals surface area contributed by atoms with E-state index in [0.29, 0.717) is 40.3 Å². The Morgan fingerprint density at radius 3 is 2.48 bits per heavy atom. The summed E-state index contributed by atoms with van der Waals surface area (Å²) in [5, 5.41) is 4.52. The third-order valence-corrected chi connectivity index (χ3v) is 5.08. The molecule has 0 spiro atoms. The Morgan fingerprint density at radius 1 is 0.931 bits per heavy atom. The van der Waals surface area contributed by atoms with Gasteiger partial charge in [-0.15, -0.1) is 0 Å². The molecule has 1 N–H and O–H groups in total. The maximum absolute atomic E-state index is 13.4. The second kappa shape index (κ2) is 9.86. The number of hydrogen-bond donors (Lipinski definition) is 1. The molecule has 3 aromatic rings. The molecule has 0 atom stereocenters. The molecule has 0 aliphatic heterocycles. The minimum atomic E-state index is -0.306. The van der Waals surface area contributed by atoms with Gasteiger partial charge in [-0.3, -0.25) is 0 Å². The SMILES string of the molecule is CCOc1cc(CNc2cccc(Cl)c2C)cc(Cl)c1OCc1cccc(F)c1. The van der Waals surface area contributed by atoms with Gasteiger partial charge >= 0.3 is 0 Å². The molecule has 0 saturated heterocycles. The highest BCUT2D eigenvalue weighted by Crippen LogP contribution is 2.37. The lowest BCUT2D eigenvalue weighted by molar-refractivity contribution is 0.269. The summed E-state index contributed by atoms with van der Waals surface area (Å²) in [5.74, 6) is 0.691. The highest BCUT2D eigenvalue weighted by Gasteiger charge is 2.14. The topological polar surface area (TPSA) is 30.5 Å². The average Bonchev–Trinajstić information content (AvgIpc) is 2.69. The van der Waals surface area contributed by atoms with E-state index >= 15 is 0 Å². The van der Waals surface area contributed by atoms with Crippen molar-refractivity contribution in [1.82, 2.24) is 0 Å². The van der Waals surface area contributed by atoms with Gasteiger partial charge in [-0.25, -0.2) is 4.39 Å². The second-order valence-corrected chi connectivity index (χ2v) is 7.34. The Kier molecular flexibility index (Phi) is 7.24. The maximum Gasteiger partial charge on any atom is 0.180 e. The molecule has 0 amide bonds. The van der Waals surface area contributed by atoms with Crippen molar-refractivity contribution in [2.24, 2.45) is 0 Å². The van der Waals surface area contributed by atoms with Crippen LogP contribution >= 0.6 is 23.2 Å². The first-order valence-electron chi connectivity index (χ1n) is 9.29. The third kappa shape index (κ3) is 5.55. The van der Waals surface area contributed by atoms with E-state index in [-0.39, 0.29) is 12.4 Å². The van der Waals surface area contributed by atoms with Crippen LogP contribution in [0.4, 0.5) is 10.1 Å². The van der Waals surface area contributed by atoms with Crippen molar-refractivity contribution in [3.8, 4) is 11.5 Å². The van der Waals surface area contributed by atoms with Crippen LogP contribution in [-0.4, -0.2) is 6.61 Å². The molecule has 0 heterocycles. The molecule has 3 aromatic carbocycles. The van der Waals surface area contributed by atoms with Crippen molar-refractivity contribution in [1.29, 1.82) is 0 Å². The normalized spacial score (nSPS) is 10.7. The molecule has 152 valence electrons. The molecule has 3 rings (SSSR count). The lowest BCUT2D eigenvalue weighted by Crippen LogP contribution is -2.04. The summed E-state index contributed by atoms with van der Waals surface area (Å²) in [6.07, 6.45) is 0. The van der Waals surface area contributed by atoms with E-state index in [2.05, 4.69) is 5.32 Å². The minimum Gasteiger partial charge on any atom is -0.490 e. The van der Waals surface area contributed by atoms with E-state index in [1.807, 2.05) is 44.2 Å². The quantitative estimate of drug-likeness (QED) is 0.413. The molecule has 0 saturated carbocycles. The maximum atomic E-state index is 13.4. The highest BCUT2D eigenvalue weighted by atomic mass is 35.5. The van der Waals surface area contributed by atoms with Crippen molar-refractivity contribution in [2.45, 2.75) is 27.0 Å². The molecule has 0 unspecified atom stereocenters. The van der Waals surface area contributed by atoms with Gasteiger partial charge in [0, 0.05) is 17.3 Å². The van der Waals surface area contributed by atoms with Crippen molar-refractivity contribution < 1.29 is 13.9 Å². The fraction of sp³-hybridized carbons (Fsp3) is 0.217. The standard InChI is InChI=1S/C23H22Cl2FNO2/c1-3-28-22-12-17(13-27-21-9-5-8-19(24)15(21)2)11-20(25)23(22)29-14-16-6-4-7-18(26)10-16/h4-12,27H,3,13-14H2,1-2H3. The van der Waals surface area contributed by atoms with Crippen LogP contribution in [0.25, 0.3) is 0 Å². The average molecular weight is 434 g/mol. The lowest BCUT2D eigenvalue weighted by Gasteiger charge is -2.16. The van der Waals surface area contributed by atoms with Crippen molar-refractivity contribution in [3.05, 3.63) is 87.2 Å². The van der Waals surface area contributed by atoms with Crippen LogP contribution in [0.3, 0.4) is 0 Å². The molecule has 0 aliphatic carbocycles. The minimum absolute atomic E-state index is 0.191. The number of rotatable bonds is 8. The van der Waals surface area contributed by atoms with Crippen LogP contribution in [0.15, 0.2) is 54.6 Å². The Morgan fingerprint density at radius 2 is 1.72 bits per heavy atom. The van der Waals surface area contributed by atoms with Gasteiger partial charge in [-0.05, 0) is 66.9 Å². The third-order valence-electron chi connectivity index (χ3n) is 4.39. The summed E-state index contributed by atoms with van der Waals surface area (Å²) in [6.45, 7) is 5.07. The molecule has 0 radical (unpaired) electrons. The summed E-state index contributed by atoms with van der Waals surface area (Å²) in [7, 11) is 0. The molecule has 0 bridgehead atoms. The Hall–Kier alpha value is -2.43. The largest absolute Gasteiger partial charge is 0.490 e. The number of anilines is 1. The van der Waals surface area contributed by atoms with Crippen LogP contribution in [-0.2, 0) is 13.2 Å². The Labute approximate surface area is 180 Å². The monoisotopic (exact) mass is 433 g/mol. The van der Waals surface area contributed by atoms with Gasteiger partial charge < -0.3 is 14.8 Å². The number of benzene rings is 3. The predicted octanol–water partition coefficient (Wildman–Crippen LogP) is 7.03. The smallest absolute Gasteiger partial charge is 0.180 e. The van der Waals surface area contributed by atoms with Crippen LogP contribution in [0.1, 0.15) is 23.6 Å². The second-order valence-electron chi connectivity index (χ2n) is 6.52. The molecule has 3 nitrogen and oxygen atoms in total. The van der Waals surface area contributed by atoms with Gasteiger partial charge in [-0.1, -0.05) is 41.4 Å². The van der Waals surface area contributed by atoms with Gasteiger partial charge in [0.15, 0.2) is 11.5 Å². The molecule has 0 aromatic heterocycles. The predicted molar refractivity (Wildman–Crippen MR) is 117 cm³/mol. The fourth-order valence-electron chi connectivity index (χ4n) is 2.90. The van der Waals surface area contributed by atoms with Crippen molar-refractivity contribution in [2.75, 3.05) is 11.9 Å². The highest BCUT2D eigenvalue weighted by molar-refractivity contribution is 6.32. The van der Waals surface area contributed by atoms with Gasteiger partial charge in [0.25, 0.3) is 0 Å². The van der Waals surface area contributed by atoms with Gasteiger partial charge in [0.1, 0.15) is 12.4 Å². The molecule has 0 fully saturated rings. The summed E-state index contributed by atoms with van der Waals surface area (Å²) < 4.78 is 25.0. The summed E-state index contributed by atoms with van der Waals surface area (Å²) in [6, 6.07) is 15.7.